The van der Waals surface area contributed by atoms with Gasteiger partial charge in [-0.3, -0.25) is 4.79 Å². The number of hydrogen-bond donors (Lipinski definition) is 2. The standard InChI is InChI=1S/C9H18N2O3/c1-9(3-4-14-6-9)11-8(12)7(5-10)13-2/h7H,3-6,10H2,1-2H3,(H,11,12). The largest absolute Gasteiger partial charge is 0.379 e. The van der Waals surface area contributed by atoms with Crippen LogP contribution in [0.2, 0.25) is 0 Å². The fraction of sp³-hybridized carbons (Fsp3) is 0.889. The first-order chi connectivity index (χ1) is 6.61. The van der Waals surface area contributed by atoms with Gasteiger partial charge in [0.1, 0.15) is 6.10 Å². The quantitative estimate of drug-likeness (QED) is 0.629. The second-order valence-electron chi connectivity index (χ2n) is 3.81. The topological polar surface area (TPSA) is 73.6 Å². The van der Waals surface area contributed by atoms with Gasteiger partial charge >= 0.3 is 0 Å². The maximum Gasteiger partial charge on any atom is 0.250 e. The zero-order chi connectivity index (χ0) is 10.6. The Morgan fingerprint density at radius 1 is 1.79 bits per heavy atom. The molecule has 5 heteroatoms. The highest BCUT2D eigenvalue weighted by Gasteiger charge is 2.33. The molecule has 1 fully saturated rings. The Balaban J connectivity index is 2.46. The number of amides is 1. The third kappa shape index (κ3) is 2.67. The molecule has 0 aromatic heterocycles. The van der Waals surface area contributed by atoms with Gasteiger partial charge in [-0.15, -0.1) is 0 Å². The second kappa shape index (κ2) is 4.72. The average Bonchev–Trinajstić information content (AvgIpc) is 2.54. The third-order valence-electron chi connectivity index (χ3n) is 2.43. The van der Waals surface area contributed by atoms with Crippen LogP contribution in [-0.4, -0.2) is 44.4 Å². The van der Waals surface area contributed by atoms with Crippen LogP contribution in [0.25, 0.3) is 0 Å². The van der Waals surface area contributed by atoms with E-state index in [0.717, 1.165) is 6.42 Å². The van der Waals surface area contributed by atoms with Crippen molar-refractivity contribution in [2.75, 3.05) is 26.9 Å². The number of nitrogens with one attached hydrogen (secondary N) is 1. The predicted molar refractivity (Wildman–Crippen MR) is 51.8 cm³/mol. The van der Waals surface area contributed by atoms with E-state index in [1.807, 2.05) is 6.92 Å². The van der Waals surface area contributed by atoms with Crippen molar-refractivity contribution in [1.29, 1.82) is 0 Å². The molecular weight excluding hydrogens is 184 g/mol. The molecule has 2 atom stereocenters. The number of carbonyl (C=O) groups is 1. The first-order valence-corrected chi connectivity index (χ1v) is 4.74. The van der Waals surface area contributed by atoms with Crippen LogP contribution in [0.15, 0.2) is 0 Å². The molecule has 14 heavy (non-hydrogen) atoms. The maximum absolute atomic E-state index is 11.6. The molecule has 1 heterocycles. The lowest BCUT2D eigenvalue weighted by atomic mass is 10.0. The van der Waals surface area contributed by atoms with Gasteiger partial charge in [-0.2, -0.15) is 0 Å². The van der Waals surface area contributed by atoms with Crippen LogP contribution in [-0.2, 0) is 14.3 Å². The van der Waals surface area contributed by atoms with Gasteiger partial charge in [-0.25, -0.2) is 0 Å². The first-order valence-electron chi connectivity index (χ1n) is 4.74. The summed E-state index contributed by atoms with van der Waals surface area (Å²) in [5, 5.41) is 2.89. The summed E-state index contributed by atoms with van der Waals surface area (Å²) in [7, 11) is 1.48. The van der Waals surface area contributed by atoms with Gasteiger partial charge in [0.25, 0.3) is 5.91 Å². The Morgan fingerprint density at radius 2 is 2.50 bits per heavy atom. The summed E-state index contributed by atoms with van der Waals surface area (Å²) in [5.41, 5.74) is 5.12. The monoisotopic (exact) mass is 202 g/mol. The van der Waals surface area contributed by atoms with Crippen molar-refractivity contribution in [2.45, 2.75) is 25.0 Å². The van der Waals surface area contributed by atoms with Crippen LogP contribution in [0.1, 0.15) is 13.3 Å². The van der Waals surface area contributed by atoms with Crippen molar-refractivity contribution >= 4 is 5.91 Å². The van der Waals surface area contributed by atoms with Crippen molar-refractivity contribution in [3.63, 3.8) is 0 Å². The molecule has 82 valence electrons. The summed E-state index contributed by atoms with van der Waals surface area (Å²) in [5.74, 6) is -0.164. The zero-order valence-corrected chi connectivity index (χ0v) is 8.71. The number of nitrogens with two attached hydrogens (primary N) is 1. The Bertz CT molecular complexity index is 198. The van der Waals surface area contributed by atoms with E-state index < -0.39 is 6.10 Å². The van der Waals surface area contributed by atoms with Crippen molar-refractivity contribution in [3.05, 3.63) is 0 Å². The Morgan fingerprint density at radius 3 is 2.93 bits per heavy atom. The molecule has 1 aliphatic rings. The normalized spacial score (nSPS) is 28.8. The average molecular weight is 202 g/mol. The van der Waals surface area contributed by atoms with E-state index in [4.69, 9.17) is 15.2 Å². The van der Waals surface area contributed by atoms with E-state index >= 15 is 0 Å². The highest BCUT2D eigenvalue weighted by Crippen LogP contribution is 2.17. The van der Waals surface area contributed by atoms with Gasteiger partial charge < -0.3 is 20.5 Å². The molecule has 1 amide bonds. The maximum atomic E-state index is 11.6. The van der Waals surface area contributed by atoms with Crippen LogP contribution in [0.3, 0.4) is 0 Å². The molecule has 0 bridgehead atoms. The van der Waals surface area contributed by atoms with Crippen molar-refractivity contribution in [3.8, 4) is 0 Å². The second-order valence-corrected chi connectivity index (χ2v) is 3.81. The number of rotatable bonds is 4. The SMILES string of the molecule is COC(CN)C(=O)NC1(C)CCOC1. The number of carbonyl (C=O) groups excluding carboxylic acids is 1. The zero-order valence-electron chi connectivity index (χ0n) is 8.71. The molecule has 1 saturated heterocycles. The number of methoxy groups -OCH3 is 1. The lowest BCUT2D eigenvalue weighted by Gasteiger charge is -2.25. The summed E-state index contributed by atoms with van der Waals surface area (Å²) in [4.78, 5) is 11.6. The number of hydrogen-bond acceptors (Lipinski definition) is 4. The summed E-state index contributed by atoms with van der Waals surface area (Å²) in [6.07, 6.45) is 0.271. The minimum absolute atomic E-state index is 0.164. The van der Waals surface area contributed by atoms with Gasteiger partial charge in [-0.1, -0.05) is 0 Å². The summed E-state index contributed by atoms with van der Waals surface area (Å²) in [6, 6.07) is 0. The summed E-state index contributed by atoms with van der Waals surface area (Å²) in [6.45, 7) is 3.40. The van der Waals surface area contributed by atoms with Crippen molar-refractivity contribution in [1.82, 2.24) is 5.32 Å². The van der Waals surface area contributed by atoms with Gasteiger partial charge in [0, 0.05) is 20.3 Å². The van der Waals surface area contributed by atoms with E-state index in [1.54, 1.807) is 0 Å². The highest BCUT2D eigenvalue weighted by atomic mass is 16.5. The summed E-state index contributed by atoms with van der Waals surface area (Å²) >= 11 is 0. The van der Waals surface area contributed by atoms with Gasteiger partial charge in [0.05, 0.1) is 12.1 Å². The smallest absolute Gasteiger partial charge is 0.250 e. The van der Waals surface area contributed by atoms with Crippen LogP contribution >= 0.6 is 0 Å². The van der Waals surface area contributed by atoms with Gasteiger partial charge in [0.2, 0.25) is 0 Å². The Labute approximate surface area is 83.9 Å². The highest BCUT2D eigenvalue weighted by molar-refractivity contribution is 5.81. The van der Waals surface area contributed by atoms with Crippen LogP contribution < -0.4 is 11.1 Å². The molecule has 5 nitrogen and oxygen atoms in total. The lowest BCUT2D eigenvalue weighted by Crippen LogP contribution is -2.52. The molecule has 0 aromatic carbocycles. The van der Waals surface area contributed by atoms with Crippen LogP contribution in [0.4, 0.5) is 0 Å². The van der Waals surface area contributed by atoms with E-state index in [0.29, 0.717) is 13.2 Å². The molecule has 0 saturated carbocycles. The summed E-state index contributed by atoms with van der Waals surface area (Å²) < 4.78 is 10.2. The molecule has 1 rings (SSSR count). The molecule has 0 aliphatic carbocycles. The Kier molecular flexibility index (Phi) is 3.86. The lowest BCUT2D eigenvalue weighted by molar-refractivity contribution is -0.132. The molecular formula is C9H18N2O3. The van der Waals surface area contributed by atoms with Crippen LogP contribution in [0, 0.1) is 0 Å². The number of ether oxygens (including phenoxy) is 2. The molecule has 0 radical (unpaired) electrons. The van der Waals surface area contributed by atoms with Gasteiger partial charge in [0.15, 0.2) is 0 Å². The minimum Gasteiger partial charge on any atom is -0.379 e. The predicted octanol–water partition coefficient (Wildman–Crippen LogP) is -0.745. The van der Waals surface area contributed by atoms with E-state index in [9.17, 15) is 4.79 Å². The van der Waals surface area contributed by atoms with Crippen LogP contribution in [0.5, 0.6) is 0 Å². The third-order valence-corrected chi connectivity index (χ3v) is 2.43. The molecule has 2 unspecified atom stereocenters. The van der Waals surface area contributed by atoms with Gasteiger partial charge in [-0.05, 0) is 13.3 Å². The first kappa shape index (κ1) is 11.4. The molecule has 0 spiro atoms. The van der Waals surface area contributed by atoms with Crippen molar-refractivity contribution < 1.29 is 14.3 Å². The van der Waals surface area contributed by atoms with E-state index in [1.165, 1.54) is 7.11 Å². The minimum atomic E-state index is -0.563. The van der Waals surface area contributed by atoms with Crippen molar-refractivity contribution in [2.24, 2.45) is 5.73 Å². The fourth-order valence-electron chi connectivity index (χ4n) is 1.45. The Hall–Kier alpha value is -0.650. The van der Waals surface area contributed by atoms with E-state index in [2.05, 4.69) is 5.32 Å². The molecule has 3 N–H and O–H groups in total. The van der Waals surface area contributed by atoms with E-state index in [-0.39, 0.29) is 18.0 Å². The fourth-order valence-corrected chi connectivity index (χ4v) is 1.45. The molecule has 0 aromatic rings. The molecule has 1 aliphatic heterocycles.